The first kappa shape index (κ1) is 16.0. The Morgan fingerprint density at radius 3 is 2.86 bits per heavy atom. The molecule has 2 aliphatic heterocycles. The third-order valence-corrected chi connectivity index (χ3v) is 4.82. The molecule has 1 atom stereocenters. The van der Waals surface area contributed by atoms with Gasteiger partial charge in [-0.15, -0.1) is 0 Å². The van der Waals surface area contributed by atoms with Crippen molar-refractivity contribution < 1.29 is 13.9 Å². The van der Waals surface area contributed by atoms with Crippen LogP contribution < -0.4 is 0 Å². The number of aryl methyl sites for hydroxylation is 1. The third kappa shape index (κ3) is 3.90. The summed E-state index contributed by atoms with van der Waals surface area (Å²) in [7, 11) is 1.77. The van der Waals surface area contributed by atoms with Gasteiger partial charge in [0.25, 0.3) is 0 Å². The maximum Gasteiger partial charge on any atom is 0.118 e. The highest BCUT2D eigenvalue weighted by Gasteiger charge is 2.40. The van der Waals surface area contributed by atoms with Crippen LogP contribution >= 0.6 is 0 Å². The second-order valence-corrected chi connectivity index (χ2v) is 6.79. The number of methoxy groups -OCH3 is 1. The molecule has 0 aliphatic carbocycles. The zero-order valence-corrected chi connectivity index (χ0v) is 13.8. The lowest BCUT2D eigenvalue weighted by Gasteiger charge is -2.31. The molecule has 0 radical (unpaired) electrons. The van der Waals surface area contributed by atoms with Gasteiger partial charge in [0.15, 0.2) is 0 Å². The Kier molecular flexibility index (Phi) is 5.18. The van der Waals surface area contributed by atoms with Crippen molar-refractivity contribution in [2.24, 2.45) is 5.41 Å². The maximum atomic E-state index is 5.93. The van der Waals surface area contributed by atoms with Gasteiger partial charge in [-0.3, -0.25) is 4.90 Å². The largest absolute Gasteiger partial charge is 0.465 e. The van der Waals surface area contributed by atoms with E-state index in [1.807, 2.05) is 13.0 Å². The lowest BCUT2D eigenvalue weighted by molar-refractivity contribution is 0.0680. The number of hydrogen-bond donors (Lipinski definition) is 0. The van der Waals surface area contributed by atoms with Gasteiger partial charge in [0.05, 0.1) is 26.4 Å². The van der Waals surface area contributed by atoms with Gasteiger partial charge < -0.3 is 18.8 Å². The van der Waals surface area contributed by atoms with Crippen molar-refractivity contribution in [2.75, 3.05) is 59.7 Å². The van der Waals surface area contributed by atoms with E-state index in [2.05, 4.69) is 15.9 Å². The van der Waals surface area contributed by atoms with E-state index in [1.54, 1.807) is 7.11 Å². The lowest BCUT2D eigenvalue weighted by Crippen LogP contribution is -2.40. The second-order valence-electron chi connectivity index (χ2n) is 6.79. The topological polar surface area (TPSA) is 38.1 Å². The van der Waals surface area contributed by atoms with Crippen LogP contribution in [0.4, 0.5) is 0 Å². The van der Waals surface area contributed by atoms with E-state index in [4.69, 9.17) is 13.9 Å². The molecular formula is C17H28N2O3. The van der Waals surface area contributed by atoms with Gasteiger partial charge in [-0.2, -0.15) is 0 Å². The van der Waals surface area contributed by atoms with Crippen molar-refractivity contribution in [3.63, 3.8) is 0 Å². The minimum Gasteiger partial charge on any atom is -0.465 e. The fraction of sp³-hybridized carbons (Fsp3) is 0.765. The monoisotopic (exact) mass is 308 g/mol. The number of ether oxygens (including phenoxy) is 2. The van der Waals surface area contributed by atoms with Crippen molar-refractivity contribution >= 4 is 0 Å². The Labute approximate surface area is 133 Å². The summed E-state index contributed by atoms with van der Waals surface area (Å²) in [6.45, 7) is 10.8. The molecule has 2 saturated heterocycles. The number of nitrogens with zero attached hydrogens (tertiary/aromatic N) is 2. The molecule has 3 heterocycles. The van der Waals surface area contributed by atoms with Gasteiger partial charge in [-0.25, -0.2) is 0 Å². The summed E-state index contributed by atoms with van der Waals surface area (Å²) < 4.78 is 16.9. The molecule has 22 heavy (non-hydrogen) atoms. The molecule has 5 nitrogen and oxygen atoms in total. The number of hydrogen-bond acceptors (Lipinski definition) is 5. The summed E-state index contributed by atoms with van der Waals surface area (Å²) in [6.07, 6.45) is 1.21. The molecule has 0 amide bonds. The molecule has 1 aromatic rings. The van der Waals surface area contributed by atoms with E-state index in [9.17, 15) is 0 Å². The summed E-state index contributed by atoms with van der Waals surface area (Å²) >= 11 is 0. The normalized spacial score (nSPS) is 27.5. The number of furan rings is 1. The van der Waals surface area contributed by atoms with Crippen LogP contribution in [0.3, 0.4) is 0 Å². The van der Waals surface area contributed by atoms with Gasteiger partial charge in [0.2, 0.25) is 0 Å². The van der Waals surface area contributed by atoms with Crippen LogP contribution in [0.2, 0.25) is 0 Å². The molecule has 0 saturated carbocycles. The first-order valence-corrected chi connectivity index (χ1v) is 8.26. The predicted molar refractivity (Wildman–Crippen MR) is 84.9 cm³/mol. The average molecular weight is 308 g/mol. The summed E-state index contributed by atoms with van der Waals surface area (Å²) in [5, 5.41) is 0. The van der Waals surface area contributed by atoms with E-state index in [-0.39, 0.29) is 5.41 Å². The summed E-state index contributed by atoms with van der Waals surface area (Å²) in [4.78, 5) is 5.00. The SMILES string of the molecule is COCCN1CC[C@@]2(COCCN(Cc3ccc(C)o3)C2)C1. The van der Waals surface area contributed by atoms with E-state index in [0.29, 0.717) is 0 Å². The summed E-state index contributed by atoms with van der Waals surface area (Å²) in [5.74, 6) is 2.05. The van der Waals surface area contributed by atoms with Crippen LogP contribution in [0.5, 0.6) is 0 Å². The van der Waals surface area contributed by atoms with E-state index in [1.165, 1.54) is 6.42 Å². The fourth-order valence-electron chi connectivity index (χ4n) is 3.69. The molecule has 0 unspecified atom stereocenters. The maximum absolute atomic E-state index is 5.93. The van der Waals surface area contributed by atoms with Gasteiger partial charge >= 0.3 is 0 Å². The number of rotatable bonds is 5. The average Bonchev–Trinajstić information content (AvgIpc) is 3.02. The Morgan fingerprint density at radius 2 is 2.09 bits per heavy atom. The highest BCUT2D eigenvalue weighted by molar-refractivity contribution is 5.06. The predicted octanol–water partition coefficient (Wildman–Crippen LogP) is 1.76. The molecule has 5 heteroatoms. The van der Waals surface area contributed by atoms with Crippen molar-refractivity contribution in [3.8, 4) is 0 Å². The van der Waals surface area contributed by atoms with Crippen molar-refractivity contribution in [1.82, 2.24) is 9.80 Å². The zero-order chi connectivity index (χ0) is 15.4. The quantitative estimate of drug-likeness (QED) is 0.829. The van der Waals surface area contributed by atoms with Crippen molar-refractivity contribution in [1.29, 1.82) is 0 Å². The fourth-order valence-corrected chi connectivity index (χ4v) is 3.69. The Balaban J connectivity index is 1.60. The molecule has 0 aromatic carbocycles. The first-order chi connectivity index (χ1) is 10.7. The Morgan fingerprint density at radius 1 is 1.23 bits per heavy atom. The first-order valence-electron chi connectivity index (χ1n) is 8.26. The Bertz CT molecular complexity index is 476. The van der Waals surface area contributed by atoms with Crippen LogP contribution in [0.1, 0.15) is 17.9 Å². The summed E-state index contributed by atoms with van der Waals surface area (Å²) in [6, 6.07) is 4.13. The van der Waals surface area contributed by atoms with Crippen LogP contribution in [-0.4, -0.2) is 69.5 Å². The van der Waals surface area contributed by atoms with E-state index in [0.717, 1.165) is 70.6 Å². The second kappa shape index (κ2) is 7.13. The van der Waals surface area contributed by atoms with Gasteiger partial charge in [0, 0.05) is 38.7 Å². The van der Waals surface area contributed by atoms with Crippen molar-refractivity contribution in [3.05, 3.63) is 23.7 Å². The molecule has 124 valence electrons. The van der Waals surface area contributed by atoms with E-state index >= 15 is 0 Å². The standard InChI is InChI=1S/C17H28N2O3/c1-15-3-4-16(22-15)11-19-8-10-21-14-17(13-19)5-6-18(12-17)7-9-20-2/h3-4H,5-14H2,1-2H3/t17-/m1/s1. The van der Waals surface area contributed by atoms with Crippen LogP contribution in [0.25, 0.3) is 0 Å². The third-order valence-electron chi connectivity index (χ3n) is 4.82. The highest BCUT2D eigenvalue weighted by Crippen LogP contribution is 2.33. The van der Waals surface area contributed by atoms with Gasteiger partial charge in [-0.05, 0) is 32.0 Å². The smallest absolute Gasteiger partial charge is 0.118 e. The van der Waals surface area contributed by atoms with Gasteiger partial charge in [-0.1, -0.05) is 0 Å². The van der Waals surface area contributed by atoms with Gasteiger partial charge in [0.1, 0.15) is 11.5 Å². The van der Waals surface area contributed by atoms with Crippen LogP contribution in [0.15, 0.2) is 16.5 Å². The number of likely N-dealkylation sites (tertiary alicyclic amines) is 1. The van der Waals surface area contributed by atoms with Crippen LogP contribution in [-0.2, 0) is 16.0 Å². The molecule has 3 rings (SSSR count). The molecule has 1 aromatic heterocycles. The minimum atomic E-state index is 0.270. The zero-order valence-electron chi connectivity index (χ0n) is 13.8. The minimum absolute atomic E-state index is 0.270. The summed E-state index contributed by atoms with van der Waals surface area (Å²) in [5.41, 5.74) is 0.270. The van der Waals surface area contributed by atoms with Crippen molar-refractivity contribution in [2.45, 2.75) is 19.9 Å². The molecular weight excluding hydrogens is 280 g/mol. The molecule has 1 spiro atoms. The molecule has 2 fully saturated rings. The highest BCUT2D eigenvalue weighted by atomic mass is 16.5. The van der Waals surface area contributed by atoms with E-state index < -0.39 is 0 Å². The van der Waals surface area contributed by atoms with Crippen LogP contribution in [0, 0.1) is 12.3 Å². The molecule has 0 bridgehead atoms. The molecule has 2 aliphatic rings. The molecule has 0 N–H and O–H groups in total. The Hall–Kier alpha value is -0.880. The lowest BCUT2D eigenvalue weighted by atomic mass is 9.87.